The van der Waals surface area contributed by atoms with Crippen molar-refractivity contribution in [3.8, 4) is 11.8 Å². The van der Waals surface area contributed by atoms with Crippen LogP contribution >= 0.6 is 0 Å². The second kappa shape index (κ2) is 11.2. The van der Waals surface area contributed by atoms with Crippen molar-refractivity contribution in [1.82, 2.24) is 9.97 Å². The van der Waals surface area contributed by atoms with Gasteiger partial charge in [-0.3, -0.25) is 0 Å². The van der Waals surface area contributed by atoms with Gasteiger partial charge >= 0.3 is 0 Å². The maximum atomic E-state index is 10.5. The average molecular weight is 567 g/mol. The van der Waals surface area contributed by atoms with Gasteiger partial charge in [-0.05, 0) is 62.5 Å². The fourth-order valence-corrected chi connectivity index (χ4v) is 8.32. The predicted octanol–water partition coefficient (Wildman–Crippen LogP) is 6.72. The van der Waals surface area contributed by atoms with Crippen molar-refractivity contribution in [2.45, 2.75) is 77.5 Å². The lowest BCUT2D eigenvalue weighted by Gasteiger charge is -2.46. The number of pyridine rings is 2. The molecule has 2 heterocycles. The van der Waals surface area contributed by atoms with Crippen LogP contribution in [0.5, 0.6) is 11.8 Å². The Morgan fingerprint density at radius 3 is 1.69 bits per heavy atom. The first kappa shape index (κ1) is 29.8. The molecule has 0 aliphatic heterocycles. The summed E-state index contributed by atoms with van der Waals surface area (Å²) in [5.41, 5.74) is 5.24. The lowest BCUT2D eigenvalue weighted by molar-refractivity contribution is 0.0289. The highest BCUT2D eigenvalue weighted by Gasteiger charge is 2.59. The maximum absolute atomic E-state index is 10.5. The van der Waals surface area contributed by atoms with Crippen LogP contribution in [0, 0.1) is 42.7 Å². The number of aliphatic hydroxyl groups excluding tert-OH is 1. The highest BCUT2D eigenvalue weighted by molar-refractivity contribution is 5.51. The number of allylic oxidation sites excluding steroid dienone is 2. The van der Waals surface area contributed by atoms with Crippen LogP contribution in [-0.4, -0.2) is 35.4 Å². The third-order valence-electron chi connectivity index (χ3n) is 10.6. The summed E-state index contributed by atoms with van der Waals surface area (Å²) in [5, 5.41) is 10.5. The van der Waals surface area contributed by atoms with Gasteiger partial charge in [0.1, 0.15) is 0 Å². The number of methoxy groups -OCH3 is 2. The normalized spacial score (nSPS) is 36.0. The number of rotatable bonds is 2. The third kappa shape index (κ3) is 4.33. The Morgan fingerprint density at radius 1 is 0.786 bits per heavy atom. The Balaban J connectivity index is 0.000000168. The Hall–Kier alpha value is -3.68. The van der Waals surface area contributed by atoms with Crippen LogP contribution in [0.2, 0.25) is 0 Å². The molecular weight excluding hydrogens is 524 g/mol. The van der Waals surface area contributed by atoms with Crippen molar-refractivity contribution < 1.29 is 14.6 Å². The second-order valence-electron chi connectivity index (χ2n) is 12.5. The molecule has 0 aromatic carbocycles. The van der Waals surface area contributed by atoms with Gasteiger partial charge < -0.3 is 24.3 Å². The van der Waals surface area contributed by atoms with E-state index in [-0.39, 0.29) is 11.8 Å². The summed E-state index contributed by atoms with van der Waals surface area (Å²) in [7, 11) is 3.24. The molecule has 4 aliphatic carbocycles. The topological polar surface area (TPSA) is 73.2 Å². The zero-order valence-corrected chi connectivity index (χ0v) is 25.8. The van der Waals surface area contributed by atoms with Crippen molar-refractivity contribution in [2.24, 2.45) is 29.6 Å². The fraction of sp³-hybridized carbons (Fsp3) is 0.543. The number of aliphatic hydroxyl groups is 1. The summed E-state index contributed by atoms with van der Waals surface area (Å²) in [6.07, 6.45) is 6.93. The molecule has 2 saturated carbocycles. The number of ether oxygens (including phenoxy) is 2. The summed E-state index contributed by atoms with van der Waals surface area (Å²) in [4.78, 5) is 17.3. The van der Waals surface area contributed by atoms with E-state index < -0.39 is 17.2 Å². The smallest absolute Gasteiger partial charge is 0.281 e. The molecule has 4 unspecified atom stereocenters. The fourth-order valence-electron chi connectivity index (χ4n) is 8.32. The van der Waals surface area contributed by atoms with Crippen molar-refractivity contribution in [2.75, 3.05) is 14.2 Å². The van der Waals surface area contributed by atoms with Crippen LogP contribution in [0.1, 0.15) is 70.0 Å². The van der Waals surface area contributed by atoms with Crippen molar-refractivity contribution in [1.29, 1.82) is 0 Å². The van der Waals surface area contributed by atoms with Gasteiger partial charge in [-0.1, -0.05) is 32.9 Å². The highest BCUT2D eigenvalue weighted by atomic mass is 16.5. The third-order valence-corrected chi connectivity index (χ3v) is 10.6. The van der Waals surface area contributed by atoms with Gasteiger partial charge in [0.2, 0.25) is 11.8 Å². The van der Waals surface area contributed by atoms with Crippen LogP contribution in [-0.2, 0) is 23.9 Å². The molecule has 4 bridgehead atoms. The van der Waals surface area contributed by atoms with Gasteiger partial charge in [0, 0.05) is 42.0 Å². The van der Waals surface area contributed by atoms with E-state index in [1.807, 2.05) is 38.1 Å². The molecule has 220 valence electrons. The van der Waals surface area contributed by atoms with Crippen LogP contribution < -0.4 is 9.47 Å². The molecule has 1 N–H and O–H groups in total. The number of hydrogen-bond acceptors (Lipinski definition) is 5. The minimum atomic E-state index is -0.662. The van der Waals surface area contributed by atoms with Crippen molar-refractivity contribution >= 4 is 0 Å². The number of aromatic nitrogens is 2. The Bertz CT molecular complexity index is 1400. The molecule has 2 fully saturated rings. The molecule has 7 nitrogen and oxygen atoms in total. The minimum Gasteiger partial charge on any atom is -0.481 e. The van der Waals surface area contributed by atoms with Crippen molar-refractivity contribution in [3.05, 3.63) is 92.9 Å². The van der Waals surface area contributed by atoms with Gasteiger partial charge in [0.15, 0.2) is 0 Å². The molecule has 42 heavy (non-hydrogen) atoms. The van der Waals surface area contributed by atoms with E-state index in [0.717, 1.165) is 40.9 Å². The van der Waals surface area contributed by atoms with Crippen LogP contribution in [0.15, 0.2) is 47.6 Å². The van der Waals surface area contributed by atoms with E-state index in [2.05, 4.69) is 52.6 Å². The zero-order chi connectivity index (χ0) is 30.4. The summed E-state index contributed by atoms with van der Waals surface area (Å²) in [6.45, 7) is 26.4. The molecule has 0 spiro atoms. The maximum Gasteiger partial charge on any atom is 0.281 e. The molecule has 6 rings (SSSR count). The first-order valence-electron chi connectivity index (χ1n) is 15.0. The van der Waals surface area contributed by atoms with Gasteiger partial charge in [-0.15, -0.1) is 0 Å². The number of nitrogens with zero attached hydrogens (tertiary/aromatic N) is 4. The van der Waals surface area contributed by atoms with Crippen LogP contribution in [0.25, 0.3) is 9.69 Å². The molecular formula is C35H42N4O3. The first-order chi connectivity index (χ1) is 20.1. The molecule has 0 radical (unpaired) electrons. The van der Waals surface area contributed by atoms with Gasteiger partial charge in [-0.2, -0.15) is 0 Å². The van der Waals surface area contributed by atoms with E-state index in [9.17, 15) is 5.11 Å². The van der Waals surface area contributed by atoms with Crippen LogP contribution in [0.4, 0.5) is 0 Å². The Morgan fingerprint density at radius 2 is 1.24 bits per heavy atom. The number of fused-ring (bicyclic) bond motifs is 8. The second-order valence-corrected chi connectivity index (χ2v) is 12.5. The molecule has 7 heteroatoms. The quantitative estimate of drug-likeness (QED) is 0.323. The summed E-state index contributed by atoms with van der Waals surface area (Å²) < 4.78 is 10.5. The number of hydrogen-bond donors (Lipinski definition) is 1. The Kier molecular flexibility index (Phi) is 7.94. The first-order valence-corrected chi connectivity index (χ1v) is 15.0. The molecule has 2 aromatic heterocycles. The van der Waals surface area contributed by atoms with E-state index in [4.69, 9.17) is 22.6 Å². The van der Waals surface area contributed by atoms with Gasteiger partial charge in [0.05, 0.1) is 42.8 Å². The largest absolute Gasteiger partial charge is 0.481 e. The van der Waals surface area contributed by atoms with E-state index >= 15 is 0 Å². The molecule has 2 aromatic rings. The highest BCUT2D eigenvalue weighted by Crippen LogP contribution is 2.57. The standard InChI is InChI=1S/C18H22N2O.C17H20N2O2/c1-6-14-13-9-16-15(7-8-17(20-16)21-5)18(14,19-4)10-11(2)12(13)3;1-5-12-11-8-14-13(6-7-15(19-14)21-4)17(12,18-3)9-10(2)16(11)20/h6-8,11-13H,9-10H2,1-3,5H3;5-7,10-11,16,20H,8-9H2,1-2,4H3/b14-6+;12-5+/t11?,12-,13+,18?;10?,11-,16-,17?/m11/s1. The molecule has 4 aliphatic rings. The van der Waals surface area contributed by atoms with Crippen LogP contribution in [0.3, 0.4) is 0 Å². The summed E-state index contributed by atoms with van der Waals surface area (Å²) in [5.74, 6) is 2.90. The molecule has 0 saturated heterocycles. The molecule has 0 amide bonds. The van der Waals surface area contributed by atoms with Gasteiger partial charge in [0.25, 0.3) is 11.1 Å². The monoisotopic (exact) mass is 566 g/mol. The Labute approximate surface area is 250 Å². The summed E-state index contributed by atoms with van der Waals surface area (Å²) >= 11 is 0. The van der Waals surface area contributed by atoms with E-state index in [0.29, 0.717) is 42.4 Å². The molecule has 8 atom stereocenters. The minimum absolute atomic E-state index is 0.0139. The summed E-state index contributed by atoms with van der Waals surface area (Å²) in [6, 6.07) is 7.75. The zero-order valence-electron chi connectivity index (χ0n) is 25.8. The predicted molar refractivity (Wildman–Crippen MR) is 163 cm³/mol. The lowest BCUT2D eigenvalue weighted by Crippen LogP contribution is -2.49. The SMILES string of the molecule is [C-]#[N+]C12CC(C)[C@@H](C)[C@H](Cc3nc(OC)ccc31)/C2=C\C.[C-]#[N+]C12CC(C)[C@@H](O)[C@H](Cc3nc(OC)ccc31)/C2=C\C. The average Bonchev–Trinajstić information content (AvgIpc) is 3.01. The van der Waals surface area contributed by atoms with Crippen molar-refractivity contribution in [3.63, 3.8) is 0 Å². The van der Waals surface area contributed by atoms with E-state index in [1.165, 1.54) is 5.57 Å². The van der Waals surface area contributed by atoms with Gasteiger partial charge in [-0.25, -0.2) is 23.1 Å². The lowest BCUT2D eigenvalue weighted by atomic mass is 9.56. The van der Waals surface area contributed by atoms with E-state index in [1.54, 1.807) is 14.2 Å².